The topological polar surface area (TPSA) is 70.5 Å². The molecule has 2 saturated carbocycles. The number of hydrogen-bond acceptors (Lipinski definition) is 4. The standard InChI is InChI=1S/C56H80N2O2/c1-2-3-4-5-6-7-8-9-10-11-12-13-14-15-16-17-18-45-19-21-46(22-20-45)23-24-47-41-43-56(44-42-47,48-25-33-52(34-26-48)59-54-37-29-50(57)30-38-54)49-27-35-53(36-28-49)60-55-39-31-51(58)32-40-55/h25-40,45-47H,2-24,41-44,57-58H2,1H3/t45-,46-. The van der Waals surface area contributed by atoms with Crippen molar-refractivity contribution in [2.24, 2.45) is 17.8 Å². The maximum Gasteiger partial charge on any atom is 0.127 e. The van der Waals surface area contributed by atoms with Gasteiger partial charge in [-0.2, -0.15) is 0 Å². The Morgan fingerprint density at radius 1 is 0.383 bits per heavy atom. The van der Waals surface area contributed by atoms with Gasteiger partial charge in [-0.25, -0.2) is 0 Å². The Morgan fingerprint density at radius 2 is 0.683 bits per heavy atom. The molecule has 0 aromatic heterocycles. The van der Waals surface area contributed by atoms with Gasteiger partial charge in [0.2, 0.25) is 0 Å². The quantitative estimate of drug-likeness (QED) is 0.0489. The Morgan fingerprint density at radius 3 is 1.05 bits per heavy atom. The molecule has 2 fully saturated rings. The van der Waals surface area contributed by atoms with Crippen molar-refractivity contribution < 1.29 is 9.47 Å². The molecule has 0 saturated heterocycles. The van der Waals surface area contributed by atoms with Crippen LogP contribution in [0.4, 0.5) is 11.4 Å². The number of nitrogens with two attached hydrogens (primary N) is 2. The van der Waals surface area contributed by atoms with Gasteiger partial charge in [-0.05, 0) is 127 Å². The van der Waals surface area contributed by atoms with Crippen LogP contribution in [0.25, 0.3) is 0 Å². The van der Waals surface area contributed by atoms with Crippen molar-refractivity contribution in [3.8, 4) is 23.0 Å². The number of hydrogen-bond donors (Lipinski definition) is 2. The number of anilines is 2. The molecule has 0 heterocycles. The number of unbranched alkanes of at least 4 members (excludes halogenated alkanes) is 15. The van der Waals surface area contributed by atoms with E-state index in [1.54, 1.807) is 0 Å². The first kappa shape index (κ1) is 45.6. The fourth-order valence-electron chi connectivity index (χ4n) is 10.5. The van der Waals surface area contributed by atoms with Crippen LogP contribution in [0, 0.1) is 17.8 Å². The highest BCUT2D eigenvalue weighted by Gasteiger charge is 2.38. The maximum atomic E-state index is 6.19. The highest BCUT2D eigenvalue weighted by atomic mass is 16.5. The number of ether oxygens (including phenoxy) is 2. The highest BCUT2D eigenvalue weighted by molar-refractivity contribution is 5.47. The Bertz CT molecular complexity index is 1620. The maximum absolute atomic E-state index is 6.19. The third kappa shape index (κ3) is 14.9. The van der Waals surface area contributed by atoms with Gasteiger partial charge < -0.3 is 20.9 Å². The minimum Gasteiger partial charge on any atom is -0.457 e. The van der Waals surface area contributed by atoms with Crippen molar-refractivity contribution in [3.05, 3.63) is 108 Å². The van der Waals surface area contributed by atoms with Crippen molar-refractivity contribution >= 4 is 11.4 Å². The Hall–Kier alpha value is -3.92. The second kappa shape index (κ2) is 25.1. The summed E-state index contributed by atoms with van der Waals surface area (Å²) < 4.78 is 12.4. The lowest BCUT2D eigenvalue weighted by Crippen LogP contribution is -2.33. The average Bonchev–Trinajstić information content (AvgIpc) is 3.28. The van der Waals surface area contributed by atoms with Gasteiger partial charge in [0.05, 0.1) is 0 Å². The summed E-state index contributed by atoms with van der Waals surface area (Å²) >= 11 is 0. The molecule has 0 bridgehead atoms. The molecular weight excluding hydrogens is 733 g/mol. The third-order valence-electron chi connectivity index (χ3n) is 14.4. The van der Waals surface area contributed by atoms with E-state index < -0.39 is 0 Å². The van der Waals surface area contributed by atoms with E-state index >= 15 is 0 Å². The smallest absolute Gasteiger partial charge is 0.127 e. The molecule has 326 valence electrons. The molecular formula is C56H80N2O2. The summed E-state index contributed by atoms with van der Waals surface area (Å²) in [5.41, 5.74) is 16.0. The van der Waals surface area contributed by atoms with Crippen LogP contribution >= 0.6 is 0 Å². The summed E-state index contributed by atoms with van der Waals surface area (Å²) in [6, 6.07) is 32.9. The minimum absolute atomic E-state index is 0.0271. The van der Waals surface area contributed by atoms with Crippen LogP contribution in [0.2, 0.25) is 0 Å². The second-order valence-corrected chi connectivity index (χ2v) is 19.0. The molecule has 4 aromatic carbocycles. The van der Waals surface area contributed by atoms with Crippen LogP contribution in [0.15, 0.2) is 97.1 Å². The molecule has 4 aromatic rings. The summed E-state index contributed by atoms with van der Waals surface area (Å²) in [6.45, 7) is 2.31. The van der Waals surface area contributed by atoms with Gasteiger partial charge in [0, 0.05) is 16.8 Å². The molecule has 60 heavy (non-hydrogen) atoms. The summed E-state index contributed by atoms with van der Waals surface area (Å²) in [5, 5.41) is 0. The lowest BCUT2D eigenvalue weighted by molar-refractivity contribution is 0.208. The Kier molecular flexibility index (Phi) is 19.1. The van der Waals surface area contributed by atoms with Crippen LogP contribution in [-0.4, -0.2) is 0 Å². The molecule has 0 unspecified atom stereocenters. The molecule has 2 aliphatic carbocycles. The zero-order valence-electron chi connectivity index (χ0n) is 37.5. The first-order valence-electron chi connectivity index (χ1n) is 24.8. The second-order valence-electron chi connectivity index (χ2n) is 19.0. The van der Waals surface area contributed by atoms with Crippen molar-refractivity contribution in [3.63, 3.8) is 0 Å². The normalized spacial score (nSPS) is 18.0. The van der Waals surface area contributed by atoms with E-state index in [0.29, 0.717) is 0 Å². The molecule has 0 radical (unpaired) electrons. The number of rotatable bonds is 26. The molecule has 2 aliphatic rings. The van der Waals surface area contributed by atoms with E-state index in [2.05, 4.69) is 55.5 Å². The average molecular weight is 813 g/mol. The van der Waals surface area contributed by atoms with E-state index in [1.165, 1.54) is 184 Å². The van der Waals surface area contributed by atoms with Gasteiger partial charge in [0.1, 0.15) is 23.0 Å². The minimum atomic E-state index is -0.0271. The van der Waals surface area contributed by atoms with E-state index in [-0.39, 0.29) is 5.41 Å². The van der Waals surface area contributed by atoms with Crippen LogP contribution in [0.5, 0.6) is 23.0 Å². The SMILES string of the molecule is CCCCCCCCCCCCCCCCCC[C@H]1CC[C@H](CCC2CCC(c3ccc(Oc4ccc(N)cc4)cc3)(c3ccc(Oc4ccc(N)cc4)cc3)CC2)CC1. The van der Waals surface area contributed by atoms with Crippen LogP contribution < -0.4 is 20.9 Å². The molecule has 4 N–H and O–H groups in total. The largest absolute Gasteiger partial charge is 0.457 e. The predicted octanol–water partition coefficient (Wildman–Crippen LogP) is 17.2. The summed E-state index contributed by atoms with van der Waals surface area (Å²) in [7, 11) is 0. The molecule has 6 rings (SSSR count). The monoisotopic (exact) mass is 813 g/mol. The van der Waals surface area contributed by atoms with Crippen molar-refractivity contribution in [1.29, 1.82) is 0 Å². The zero-order chi connectivity index (χ0) is 41.7. The molecule has 0 spiro atoms. The van der Waals surface area contributed by atoms with Crippen LogP contribution in [0.3, 0.4) is 0 Å². The van der Waals surface area contributed by atoms with Gasteiger partial charge in [0.15, 0.2) is 0 Å². The van der Waals surface area contributed by atoms with Gasteiger partial charge >= 0.3 is 0 Å². The van der Waals surface area contributed by atoms with E-state index in [4.69, 9.17) is 20.9 Å². The molecule has 4 heteroatoms. The third-order valence-corrected chi connectivity index (χ3v) is 14.4. The number of nitrogen functional groups attached to an aromatic ring is 2. The summed E-state index contributed by atoms with van der Waals surface area (Å²) in [4.78, 5) is 0. The Balaban J connectivity index is 0.896. The highest BCUT2D eigenvalue weighted by Crippen LogP contribution is 2.49. The summed E-state index contributed by atoms with van der Waals surface area (Å²) in [6.07, 6.45) is 38.4. The molecule has 0 amide bonds. The van der Waals surface area contributed by atoms with Crippen molar-refractivity contribution in [1.82, 2.24) is 0 Å². The molecule has 0 aliphatic heterocycles. The number of benzene rings is 4. The van der Waals surface area contributed by atoms with E-state index in [1.807, 2.05) is 48.5 Å². The fourth-order valence-corrected chi connectivity index (χ4v) is 10.5. The molecule has 4 nitrogen and oxygen atoms in total. The van der Waals surface area contributed by atoms with Crippen LogP contribution in [0.1, 0.15) is 191 Å². The molecule has 0 atom stereocenters. The van der Waals surface area contributed by atoms with E-state index in [0.717, 1.165) is 52.1 Å². The van der Waals surface area contributed by atoms with E-state index in [9.17, 15) is 0 Å². The van der Waals surface area contributed by atoms with Gasteiger partial charge in [0.25, 0.3) is 0 Å². The first-order valence-corrected chi connectivity index (χ1v) is 24.8. The van der Waals surface area contributed by atoms with Gasteiger partial charge in [-0.3, -0.25) is 0 Å². The lowest BCUT2D eigenvalue weighted by atomic mass is 9.62. The van der Waals surface area contributed by atoms with Crippen molar-refractivity contribution in [2.45, 2.75) is 186 Å². The van der Waals surface area contributed by atoms with Crippen molar-refractivity contribution in [2.75, 3.05) is 11.5 Å². The van der Waals surface area contributed by atoms with Gasteiger partial charge in [-0.15, -0.1) is 0 Å². The van der Waals surface area contributed by atoms with Gasteiger partial charge in [-0.1, -0.05) is 179 Å². The Labute approximate surface area is 365 Å². The van der Waals surface area contributed by atoms with Crippen LogP contribution in [-0.2, 0) is 5.41 Å². The first-order chi connectivity index (χ1) is 29.5. The summed E-state index contributed by atoms with van der Waals surface area (Å²) in [5.74, 6) is 6.05. The lowest BCUT2D eigenvalue weighted by Gasteiger charge is -2.42. The predicted molar refractivity (Wildman–Crippen MR) is 256 cm³/mol. The fraction of sp³-hybridized carbons (Fsp3) is 0.571. The zero-order valence-corrected chi connectivity index (χ0v) is 37.5.